The molecule has 2 N–H and O–H groups in total. The van der Waals surface area contributed by atoms with E-state index >= 15 is 0 Å². The molecule has 0 bridgehead atoms. The minimum Gasteiger partial charge on any atom is -0.454 e. The van der Waals surface area contributed by atoms with Crippen LogP contribution < -0.4 is 20.1 Å². The number of nitrogens with zero attached hydrogens (tertiary/aromatic N) is 2. The summed E-state index contributed by atoms with van der Waals surface area (Å²) in [7, 11) is 0. The lowest BCUT2D eigenvalue weighted by atomic mass is 10.2. The highest BCUT2D eigenvalue weighted by Crippen LogP contribution is 2.34. The molecule has 1 aromatic carbocycles. The minimum atomic E-state index is -0.113. The average molecular weight is 394 g/mol. The molecule has 2 aliphatic heterocycles. The number of thioether (sulfide) groups is 1. The highest BCUT2D eigenvalue weighted by Gasteiger charge is 2.17. The number of fused-ring (bicyclic) bond motifs is 1. The Balaban J connectivity index is 1.23. The zero-order valence-electron chi connectivity index (χ0n) is 13.9. The summed E-state index contributed by atoms with van der Waals surface area (Å²) >= 11 is 2.80. The molecule has 1 saturated heterocycles. The number of hydrogen-bond acceptors (Lipinski definition) is 9. The largest absolute Gasteiger partial charge is 0.454 e. The van der Waals surface area contributed by atoms with Crippen molar-refractivity contribution in [2.24, 2.45) is 0 Å². The summed E-state index contributed by atoms with van der Waals surface area (Å²) in [5.74, 6) is 1.48. The molecule has 3 heterocycles. The number of anilines is 2. The lowest BCUT2D eigenvalue weighted by Gasteiger charge is -2.08. The Morgan fingerprint density at radius 3 is 3.12 bits per heavy atom. The van der Waals surface area contributed by atoms with E-state index in [4.69, 9.17) is 14.2 Å². The number of rotatable bonds is 7. The van der Waals surface area contributed by atoms with Gasteiger partial charge in [0.15, 0.2) is 15.8 Å². The second-order valence-corrected chi connectivity index (χ2v) is 7.99. The number of amides is 1. The Bertz CT molecular complexity index is 779. The molecule has 0 radical (unpaired) electrons. The summed E-state index contributed by atoms with van der Waals surface area (Å²) in [6, 6.07) is 5.32. The van der Waals surface area contributed by atoms with Gasteiger partial charge in [0.1, 0.15) is 0 Å². The Morgan fingerprint density at radius 1 is 1.31 bits per heavy atom. The predicted octanol–water partition coefficient (Wildman–Crippen LogP) is 2.59. The molecule has 1 aromatic heterocycles. The first-order chi connectivity index (χ1) is 12.8. The third-order valence-electron chi connectivity index (χ3n) is 3.89. The number of nitrogens with one attached hydrogen (secondary N) is 2. The van der Waals surface area contributed by atoms with Crippen LogP contribution in [0.25, 0.3) is 0 Å². The van der Waals surface area contributed by atoms with Crippen LogP contribution in [0.5, 0.6) is 11.5 Å². The van der Waals surface area contributed by atoms with Crippen LogP contribution in [0.1, 0.15) is 12.8 Å². The van der Waals surface area contributed by atoms with Crippen LogP contribution in [0.3, 0.4) is 0 Å². The van der Waals surface area contributed by atoms with Gasteiger partial charge in [0.25, 0.3) is 0 Å². The summed E-state index contributed by atoms with van der Waals surface area (Å²) in [5, 5.41) is 15.0. The first-order valence-corrected chi connectivity index (χ1v) is 10.1. The molecule has 1 amide bonds. The fourth-order valence-electron chi connectivity index (χ4n) is 2.64. The number of carbonyl (C=O) groups is 1. The number of ether oxygens (including phenoxy) is 3. The molecule has 0 spiro atoms. The Kier molecular flexibility index (Phi) is 5.42. The molecule has 0 unspecified atom stereocenters. The molecule has 0 saturated carbocycles. The van der Waals surface area contributed by atoms with Crippen molar-refractivity contribution in [3.63, 3.8) is 0 Å². The van der Waals surface area contributed by atoms with Crippen LogP contribution in [0.2, 0.25) is 0 Å². The van der Waals surface area contributed by atoms with Crippen molar-refractivity contribution in [3.05, 3.63) is 18.2 Å². The normalized spacial score (nSPS) is 18.1. The van der Waals surface area contributed by atoms with Crippen molar-refractivity contribution in [3.8, 4) is 11.5 Å². The molecule has 26 heavy (non-hydrogen) atoms. The lowest BCUT2D eigenvalue weighted by molar-refractivity contribution is -0.113. The molecule has 8 nitrogen and oxygen atoms in total. The van der Waals surface area contributed by atoms with Crippen molar-refractivity contribution in [2.45, 2.75) is 23.3 Å². The van der Waals surface area contributed by atoms with Gasteiger partial charge in [0, 0.05) is 24.9 Å². The third kappa shape index (κ3) is 4.37. The van der Waals surface area contributed by atoms with Gasteiger partial charge in [0.05, 0.1) is 11.9 Å². The van der Waals surface area contributed by atoms with E-state index < -0.39 is 0 Å². The number of aromatic nitrogens is 2. The maximum absolute atomic E-state index is 12.1. The molecule has 4 rings (SSSR count). The standard InChI is InChI=1S/C16H18N4O4S2/c21-14(18-10-3-4-12-13(6-10)24-9-23-12)8-25-16-20-19-15(26-16)17-7-11-2-1-5-22-11/h3-4,6,11H,1-2,5,7-9H2,(H,17,19)(H,18,21)/t11-/m0/s1. The van der Waals surface area contributed by atoms with E-state index in [1.807, 2.05) is 0 Å². The van der Waals surface area contributed by atoms with Crippen LogP contribution >= 0.6 is 23.1 Å². The summed E-state index contributed by atoms with van der Waals surface area (Å²) in [6.45, 7) is 1.79. The highest BCUT2D eigenvalue weighted by molar-refractivity contribution is 8.01. The molecule has 10 heteroatoms. The van der Waals surface area contributed by atoms with E-state index in [0.29, 0.717) is 17.2 Å². The zero-order valence-corrected chi connectivity index (χ0v) is 15.5. The molecular weight excluding hydrogens is 376 g/mol. The van der Waals surface area contributed by atoms with Gasteiger partial charge in [-0.2, -0.15) is 0 Å². The zero-order chi connectivity index (χ0) is 17.8. The molecule has 0 aliphatic carbocycles. The first kappa shape index (κ1) is 17.4. The second-order valence-electron chi connectivity index (χ2n) is 5.79. The summed E-state index contributed by atoms with van der Waals surface area (Å²) in [5.41, 5.74) is 0.677. The van der Waals surface area contributed by atoms with Crippen LogP contribution in [-0.2, 0) is 9.53 Å². The number of hydrogen-bond donors (Lipinski definition) is 2. The van der Waals surface area contributed by atoms with Crippen molar-refractivity contribution < 1.29 is 19.0 Å². The quantitative estimate of drug-likeness (QED) is 0.692. The number of carbonyl (C=O) groups excluding carboxylic acids is 1. The van der Waals surface area contributed by atoms with Crippen LogP contribution in [-0.4, -0.2) is 47.9 Å². The van der Waals surface area contributed by atoms with Gasteiger partial charge in [-0.15, -0.1) is 10.2 Å². The maximum Gasteiger partial charge on any atom is 0.234 e. The molecule has 2 aliphatic rings. The molecular formula is C16H18N4O4S2. The van der Waals surface area contributed by atoms with E-state index in [-0.39, 0.29) is 24.6 Å². The SMILES string of the molecule is O=C(CSc1nnc(NC[C@@H]2CCCO2)s1)Nc1ccc2c(c1)OCO2. The minimum absolute atomic E-state index is 0.113. The van der Waals surface area contributed by atoms with Crippen LogP contribution in [0, 0.1) is 0 Å². The van der Waals surface area contributed by atoms with Gasteiger partial charge in [-0.3, -0.25) is 4.79 Å². The van der Waals surface area contributed by atoms with E-state index in [0.717, 1.165) is 35.5 Å². The summed E-state index contributed by atoms with van der Waals surface area (Å²) in [4.78, 5) is 12.1. The Morgan fingerprint density at radius 2 is 2.23 bits per heavy atom. The van der Waals surface area contributed by atoms with E-state index in [1.165, 1.54) is 23.1 Å². The Hall–Kier alpha value is -2.04. The molecule has 138 valence electrons. The molecule has 1 atom stereocenters. The topological polar surface area (TPSA) is 94.6 Å². The summed E-state index contributed by atoms with van der Waals surface area (Å²) < 4.78 is 16.9. The molecule has 1 fully saturated rings. The highest BCUT2D eigenvalue weighted by atomic mass is 32.2. The molecule has 2 aromatic rings. The summed E-state index contributed by atoms with van der Waals surface area (Å²) in [6.07, 6.45) is 2.44. The van der Waals surface area contributed by atoms with E-state index in [1.54, 1.807) is 18.2 Å². The van der Waals surface area contributed by atoms with Gasteiger partial charge in [-0.1, -0.05) is 23.1 Å². The Labute approximate surface area is 158 Å². The smallest absolute Gasteiger partial charge is 0.234 e. The van der Waals surface area contributed by atoms with Crippen molar-refractivity contribution >= 4 is 39.8 Å². The van der Waals surface area contributed by atoms with Gasteiger partial charge in [0.2, 0.25) is 17.8 Å². The third-order valence-corrected chi connectivity index (χ3v) is 5.91. The lowest BCUT2D eigenvalue weighted by Crippen LogP contribution is -2.18. The van der Waals surface area contributed by atoms with Crippen molar-refractivity contribution in [1.29, 1.82) is 0 Å². The average Bonchev–Trinajstić information content (AvgIpc) is 3.38. The van der Waals surface area contributed by atoms with Crippen molar-refractivity contribution in [1.82, 2.24) is 10.2 Å². The maximum atomic E-state index is 12.1. The van der Waals surface area contributed by atoms with Crippen LogP contribution in [0.4, 0.5) is 10.8 Å². The predicted molar refractivity (Wildman–Crippen MR) is 99.3 cm³/mol. The first-order valence-electron chi connectivity index (χ1n) is 8.27. The van der Waals surface area contributed by atoms with Gasteiger partial charge in [-0.25, -0.2) is 0 Å². The van der Waals surface area contributed by atoms with Crippen LogP contribution in [0.15, 0.2) is 22.5 Å². The van der Waals surface area contributed by atoms with Gasteiger partial charge < -0.3 is 24.8 Å². The monoisotopic (exact) mass is 394 g/mol. The van der Waals surface area contributed by atoms with Gasteiger partial charge >= 0.3 is 0 Å². The van der Waals surface area contributed by atoms with E-state index in [9.17, 15) is 4.79 Å². The second kappa shape index (κ2) is 8.11. The van der Waals surface area contributed by atoms with E-state index in [2.05, 4.69) is 20.8 Å². The van der Waals surface area contributed by atoms with Gasteiger partial charge in [-0.05, 0) is 25.0 Å². The number of benzene rings is 1. The van der Waals surface area contributed by atoms with Crippen molar-refractivity contribution in [2.75, 3.05) is 36.3 Å². The fourth-order valence-corrected chi connectivity index (χ4v) is 4.20. The fraction of sp³-hybridized carbons (Fsp3) is 0.438.